The van der Waals surface area contributed by atoms with E-state index in [9.17, 15) is 8.78 Å². The number of aromatic amines is 1. The summed E-state index contributed by atoms with van der Waals surface area (Å²) >= 11 is 0. The number of alkyl halides is 2. The van der Waals surface area contributed by atoms with Gasteiger partial charge in [-0.2, -0.15) is 13.9 Å². The van der Waals surface area contributed by atoms with E-state index in [0.717, 1.165) is 27.4 Å². The van der Waals surface area contributed by atoms with Gasteiger partial charge < -0.3 is 0 Å². The van der Waals surface area contributed by atoms with E-state index in [2.05, 4.69) is 30.7 Å². The van der Waals surface area contributed by atoms with Crippen LogP contribution in [0, 0.1) is 6.92 Å². The van der Waals surface area contributed by atoms with Gasteiger partial charge in [-0.25, -0.2) is 5.10 Å². The Labute approximate surface area is 163 Å². The zero-order valence-corrected chi connectivity index (χ0v) is 15.3. The number of halogens is 2. The van der Waals surface area contributed by atoms with Crippen LogP contribution in [-0.4, -0.2) is 35.4 Å². The lowest BCUT2D eigenvalue weighted by Gasteiger charge is -2.14. The van der Waals surface area contributed by atoms with Crippen LogP contribution >= 0.6 is 0 Å². The van der Waals surface area contributed by atoms with Crippen LogP contribution in [0.3, 0.4) is 0 Å². The molecule has 0 aliphatic carbocycles. The fourth-order valence-electron chi connectivity index (χ4n) is 3.57. The van der Waals surface area contributed by atoms with E-state index < -0.39 is 11.7 Å². The Morgan fingerprint density at radius 2 is 2.00 bits per heavy atom. The highest BCUT2D eigenvalue weighted by molar-refractivity contribution is 5.86. The summed E-state index contributed by atoms with van der Waals surface area (Å²) in [5.41, 5.74) is 2.23. The van der Waals surface area contributed by atoms with Crippen LogP contribution in [-0.2, 0) is 12.5 Å². The maximum atomic E-state index is 14.8. The molecule has 0 saturated heterocycles. The normalized spacial score (nSPS) is 12.1. The van der Waals surface area contributed by atoms with Crippen LogP contribution in [0.4, 0.5) is 8.78 Å². The molecular formula is C20H15F2N7. The molecule has 0 aliphatic heterocycles. The topological polar surface area (TPSA) is 85.2 Å². The third kappa shape index (κ3) is 2.82. The molecule has 0 fully saturated rings. The maximum absolute atomic E-state index is 14.8. The van der Waals surface area contributed by atoms with E-state index in [0.29, 0.717) is 12.1 Å². The molecule has 5 rings (SSSR count). The van der Waals surface area contributed by atoms with Crippen molar-refractivity contribution in [3.05, 3.63) is 77.5 Å². The molecule has 0 atom stereocenters. The molecule has 2 aromatic carbocycles. The molecule has 0 aliphatic rings. The summed E-state index contributed by atoms with van der Waals surface area (Å²) in [4.78, 5) is 4.15. The summed E-state index contributed by atoms with van der Waals surface area (Å²) < 4.78 is 31.4. The van der Waals surface area contributed by atoms with Gasteiger partial charge in [-0.15, -0.1) is 5.10 Å². The molecule has 9 heteroatoms. The number of nitrogens with zero attached hydrogens (tertiary/aromatic N) is 6. The Kier molecular flexibility index (Phi) is 3.83. The molecule has 5 aromatic rings. The summed E-state index contributed by atoms with van der Waals surface area (Å²) in [5.74, 6) is -3.94. The molecule has 0 unspecified atom stereocenters. The van der Waals surface area contributed by atoms with Crippen LogP contribution in [0.15, 0.2) is 54.9 Å². The fourth-order valence-corrected chi connectivity index (χ4v) is 3.57. The predicted molar refractivity (Wildman–Crippen MR) is 102 cm³/mol. The largest absolute Gasteiger partial charge is 0.333 e. The van der Waals surface area contributed by atoms with Crippen molar-refractivity contribution in [2.24, 2.45) is 0 Å². The maximum Gasteiger partial charge on any atom is 0.333 e. The van der Waals surface area contributed by atoms with Gasteiger partial charge in [0.25, 0.3) is 0 Å². The lowest BCUT2D eigenvalue weighted by Crippen LogP contribution is -2.17. The molecule has 0 bridgehead atoms. The van der Waals surface area contributed by atoms with E-state index in [-0.39, 0.29) is 5.56 Å². The molecule has 29 heavy (non-hydrogen) atoms. The Morgan fingerprint density at radius 3 is 2.83 bits per heavy atom. The van der Waals surface area contributed by atoms with Crippen LogP contribution in [0.1, 0.15) is 22.6 Å². The van der Waals surface area contributed by atoms with Gasteiger partial charge in [0.15, 0.2) is 0 Å². The zero-order chi connectivity index (χ0) is 20.0. The second-order valence-corrected chi connectivity index (χ2v) is 6.81. The first-order chi connectivity index (χ1) is 14.0. The number of benzene rings is 2. The quantitative estimate of drug-likeness (QED) is 0.506. The van der Waals surface area contributed by atoms with Gasteiger partial charge in [0.05, 0.1) is 17.8 Å². The fraction of sp³-hybridized carbons (Fsp3) is 0.150. The monoisotopic (exact) mass is 391 g/mol. The Balaban J connectivity index is 1.63. The number of hydrogen-bond donors (Lipinski definition) is 1. The summed E-state index contributed by atoms with van der Waals surface area (Å²) in [5, 5.41) is 19.5. The van der Waals surface area contributed by atoms with Crippen molar-refractivity contribution in [2.75, 3.05) is 0 Å². The lowest BCUT2D eigenvalue weighted by molar-refractivity contribution is 0.0330. The average Bonchev–Trinajstić information content (AvgIpc) is 3.38. The minimum absolute atomic E-state index is 0.202. The number of nitrogens with one attached hydrogen (secondary N) is 1. The zero-order valence-electron chi connectivity index (χ0n) is 15.3. The summed E-state index contributed by atoms with van der Waals surface area (Å²) in [7, 11) is 0. The van der Waals surface area contributed by atoms with Crippen LogP contribution < -0.4 is 0 Å². The summed E-state index contributed by atoms with van der Waals surface area (Å²) in [6, 6.07) is 12.4. The Morgan fingerprint density at radius 1 is 1.10 bits per heavy atom. The number of hydrogen-bond acceptors (Lipinski definition) is 5. The van der Waals surface area contributed by atoms with Crippen molar-refractivity contribution >= 4 is 21.7 Å². The standard InChI is InChI=1S/C20H15F2N7/c1-12-16-6-5-15(20(21,22)19-24-27-28-25-19)9-18(16)29(26-12)11-14-4-2-3-13-10-23-8-7-17(13)14/h2-10H,11H2,1H3,(H,24,25,27,28). The van der Waals surface area contributed by atoms with Gasteiger partial charge in [0, 0.05) is 28.7 Å². The molecule has 0 radical (unpaired) electrons. The van der Waals surface area contributed by atoms with E-state index in [4.69, 9.17) is 0 Å². The second-order valence-electron chi connectivity index (χ2n) is 6.81. The number of H-pyrrole nitrogens is 1. The van der Waals surface area contributed by atoms with Crippen molar-refractivity contribution in [3.8, 4) is 0 Å². The molecule has 0 amide bonds. The Bertz CT molecular complexity index is 1320. The van der Waals surface area contributed by atoms with Crippen molar-refractivity contribution < 1.29 is 8.78 Å². The van der Waals surface area contributed by atoms with Crippen molar-refractivity contribution in [3.63, 3.8) is 0 Å². The van der Waals surface area contributed by atoms with Gasteiger partial charge in [0.2, 0.25) is 5.82 Å². The van der Waals surface area contributed by atoms with Crippen molar-refractivity contribution in [1.82, 2.24) is 35.4 Å². The number of rotatable bonds is 4. The molecule has 3 heterocycles. The SMILES string of the molecule is Cc1nn(Cc2cccc3cnccc23)c2cc(C(F)(F)c3nnn[nH]3)ccc12. The average molecular weight is 391 g/mol. The molecule has 0 saturated carbocycles. The number of aryl methyl sites for hydroxylation is 1. The first-order valence-electron chi connectivity index (χ1n) is 8.95. The molecule has 3 aromatic heterocycles. The van der Waals surface area contributed by atoms with E-state index in [1.165, 1.54) is 12.1 Å². The van der Waals surface area contributed by atoms with Gasteiger partial charge in [0.1, 0.15) is 0 Å². The first-order valence-corrected chi connectivity index (χ1v) is 8.95. The van der Waals surface area contributed by atoms with E-state index >= 15 is 0 Å². The third-order valence-corrected chi connectivity index (χ3v) is 5.03. The molecule has 7 nitrogen and oxygen atoms in total. The molecule has 0 spiro atoms. The van der Waals surface area contributed by atoms with E-state index in [1.54, 1.807) is 23.1 Å². The van der Waals surface area contributed by atoms with E-state index in [1.807, 2.05) is 31.2 Å². The molecule has 144 valence electrons. The number of tetrazole rings is 1. The predicted octanol–water partition coefficient (Wildman–Crippen LogP) is 3.59. The lowest BCUT2D eigenvalue weighted by atomic mass is 10.0. The number of fused-ring (bicyclic) bond motifs is 2. The van der Waals surface area contributed by atoms with Gasteiger partial charge in [-0.05, 0) is 40.4 Å². The van der Waals surface area contributed by atoms with Gasteiger partial charge in [-0.3, -0.25) is 9.67 Å². The molecule has 1 N–H and O–H groups in total. The number of aromatic nitrogens is 7. The first kappa shape index (κ1) is 17.4. The smallest absolute Gasteiger partial charge is 0.264 e. The number of pyridine rings is 1. The Hall–Kier alpha value is -3.75. The third-order valence-electron chi connectivity index (χ3n) is 5.03. The van der Waals surface area contributed by atoms with Gasteiger partial charge >= 0.3 is 5.92 Å². The van der Waals surface area contributed by atoms with Crippen molar-refractivity contribution in [2.45, 2.75) is 19.4 Å². The van der Waals surface area contributed by atoms with Crippen molar-refractivity contribution in [1.29, 1.82) is 0 Å². The highest BCUT2D eigenvalue weighted by atomic mass is 19.3. The van der Waals surface area contributed by atoms with Crippen LogP contribution in [0.5, 0.6) is 0 Å². The highest BCUT2D eigenvalue weighted by Crippen LogP contribution is 2.35. The molecular weight excluding hydrogens is 376 g/mol. The summed E-state index contributed by atoms with van der Waals surface area (Å²) in [6.07, 6.45) is 3.54. The second kappa shape index (κ2) is 6.40. The highest BCUT2D eigenvalue weighted by Gasteiger charge is 2.38. The summed E-state index contributed by atoms with van der Waals surface area (Å²) in [6.45, 7) is 2.31. The van der Waals surface area contributed by atoms with Crippen LogP contribution in [0.2, 0.25) is 0 Å². The minimum Gasteiger partial charge on any atom is -0.264 e. The van der Waals surface area contributed by atoms with Gasteiger partial charge in [-0.1, -0.05) is 30.3 Å². The minimum atomic E-state index is -3.34. The van der Waals surface area contributed by atoms with Crippen LogP contribution in [0.25, 0.3) is 21.7 Å².